The van der Waals surface area contributed by atoms with E-state index in [2.05, 4.69) is 14.8 Å². The van der Waals surface area contributed by atoms with Crippen LogP contribution in [0.1, 0.15) is 16.0 Å². The Labute approximate surface area is 139 Å². The van der Waals surface area contributed by atoms with Crippen molar-refractivity contribution in [1.82, 2.24) is 9.66 Å². The zero-order valence-electron chi connectivity index (χ0n) is 12.9. The average Bonchev–Trinajstić information content (AvgIpc) is 2.83. The summed E-state index contributed by atoms with van der Waals surface area (Å²) in [7, 11) is 0. The molecule has 0 bridgehead atoms. The number of ether oxygens (including phenoxy) is 1. The highest BCUT2D eigenvalue weighted by Crippen LogP contribution is 2.25. The molecular formula is C16H13F2N3O2S. The van der Waals surface area contributed by atoms with Gasteiger partial charge in [0.05, 0.1) is 11.6 Å². The molecule has 0 aliphatic carbocycles. The molecule has 124 valence electrons. The summed E-state index contributed by atoms with van der Waals surface area (Å²) in [5.41, 5.74) is 1.31. The lowest BCUT2D eigenvalue weighted by atomic mass is 10.2. The number of rotatable bonds is 4. The largest absolute Gasteiger partial charge is 0.435 e. The molecule has 0 aliphatic rings. The monoisotopic (exact) mass is 349 g/mol. The highest BCUT2D eigenvalue weighted by Gasteiger charge is 2.11. The van der Waals surface area contributed by atoms with Crippen molar-refractivity contribution in [3.05, 3.63) is 57.0 Å². The Bertz CT molecular complexity index is 962. The van der Waals surface area contributed by atoms with E-state index in [1.807, 2.05) is 13.8 Å². The van der Waals surface area contributed by atoms with Gasteiger partial charge in [-0.05, 0) is 49.2 Å². The number of nitrogens with zero attached hydrogens (tertiary/aromatic N) is 3. The Hall–Kier alpha value is -2.61. The molecule has 24 heavy (non-hydrogen) atoms. The van der Waals surface area contributed by atoms with Gasteiger partial charge in [0.25, 0.3) is 5.56 Å². The summed E-state index contributed by atoms with van der Waals surface area (Å²) in [5, 5.41) is 4.67. The van der Waals surface area contributed by atoms with Crippen LogP contribution in [0.2, 0.25) is 0 Å². The Balaban J connectivity index is 1.89. The van der Waals surface area contributed by atoms with Gasteiger partial charge < -0.3 is 4.74 Å². The van der Waals surface area contributed by atoms with Gasteiger partial charge in [-0.1, -0.05) is 0 Å². The van der Waals surface area contributed by atoms with Gasteiger partial charge in [0, 0.05) is 4.88 Å². The van der Waals surface area contributed by atoms with Crippen LogP contribution in [0.5, 0.6) is 5.75 Å². The minimum Gasteiger partial charge on any atom is -0.435 e. The molecule has 2 heterocycles. The van der Waals surface area contributed by atoms with E-state index < -0.39 is 6.61 Å². The number of halogens is 2. The van der Waals surface area contributed by atoms with Gasteiger partial charge in [0.15, 0.2) is 0 Å². The second kappa shape index (κ2) is 6.48. The molecule has 0 saturated carbocycles. The Morgan fingerprint density at radius 1 is 1.29 bits per heavy atom. The van der Waals surface area contributed by atoms with Crippen molar-refractivity contribution < 1.29 is 13.5 Å². The molecule has 0 amide bonds. The van der Waals surface area contributed by atoms with Gasteiger partial charge in [0.2, 0.25) is 0 Å². The second-order valence-electron chi connectivity index (χ2n) is 5.05. The predicted molar refractivity (Wildman–Crippen MR) is 89.4 cm³/mol. The van der Waals surface area contributed by atoms with E-state index in [0.717, 1.165) is 15.1 Å². The topological polar surface area (TPSA) is 56.5 Å². The van der Waals surface area contributed by atoms with Crippen LogP contribution in [-0.4, -0.2) is 22.5 Å². The van der Waals surface area contributed by atoms with Gasteiger partial charge in [0.1, 0.15) is 16.9 Å². The number of hydrogen-bond acceptors (Lipinski definition) is 5. The average molecular weight is 349 g/mol. The fourth-order valence-corrected chi connectivity index (χ4v) is 3.16. The summed E-state index contributed by atoms with van der Waals surface area (Å²) in [5.74, 6) is 0.0618. The third kappa shape index (κ3) is 3.18. The molecule has 0 N–H and O–H groups in total. The number of benzene rings is 1. The first-order valence-electron chi connectivity index (χ1n) is 7.02. The third-order valence-corrected chi connectivity index (χ3v) is 4.62. The van der Waals surface area contributed by atoms with Crippen LogP contribution in [0.3, 0.4) is 0 Å². The molecule has 1 aromatic carbocycles. The van der Waals surface area contributed by atoms with Crippen LogP contribution in [0.4, 0.5) is 8.78 Å². The summed E-state index contributed by atoms with van der Waals surface area (Å²) in [6.07, 6.45) is 2.82. The van der Waals surface area contributed by atoms with E-state index in [-0.39, 0.29) is 11.3 Å². The van der Waals surface area contributed by atoms with Crippen LogP contribution >= 0.6 is 11.3 Å². The Morgan fingerprint density at radius 2 is 2.00 bits per heavy atom. The van der Waals surface area contributed by atoms with Crippen molar-refractivity contribution in [2.24, 2.45) is 5.10 Å². The van der Waals surface area contributed by atoms with Gasteiger partial charge >= 0.3 is 6.61 Å². The number of alkyl halides is 2. The van der Waals surface area contributed by atoms with E-state index in [4.69, 9.17) is 0 Å². The minimum atomic E-state index is -2.86. The van der Waals surface area contributed by atoms with Crippen LogP contribution in [0.15, 0.2) is 40.5 Å². The molecule has 0 spiro atoms. The fraction of sp³-hybridized carbons (Fsp3) is 0.188. The normalized spacial score (nSPS) is 11.7. The Kier molecular flexibility index (Phi) is 4.39. The predicted octanol–water partition coefficient (Wildman–Crippen LogP) is 3.56. The summed E-state index contributed by atoms with van der Waals surface area (Å²) < 4.78 is 29.6. The second-order valence-corrected chi connectivity index (χ2v) is 6.25. The van der Waals surface area contributed by atoms with Gasteiger partial charge in [-0.15, -0.1) is 11.3 Å². The maximum absolute atomic E-state index is 12.5. The molecule has 5 nitrogen and oxygen atoms in total. The van der Waals surface area contributed by atoms with Crippen molar-refractivity contribution in [2.75, 3.05) is 0 Å². The molecular weight excluding hydrogens is 336 g/mol. The lowest BCUT2D eigenvalue weighted by Gasteiger charge is -2.03. The Morgan fingerprint density at radius 3 is 2.67 bits per heavy atom. The first-order valence-corrected chi connectivity index (χ1v) is 7.84. The molecule has 0 unspecified atom stereocenters. The van der Waals surface area contributed by atoms with Crippen LogP contribution in [0.25, 0.3) is 10.2 Å². The number of aromatic nitrogens is 2. The van der Waals surface area contributed by atoms with Crippen molar-refractivity contribution in [1.29, 1.82) is 0 Å². The molecule has 0 saturated heterocycles. The van der Waals surface area contributed by atoms with E-state index in [1.165, 1.54) is 36.0 Å². The maximum Gasteiger partial charge on any atom is 0.387 e. The lowest BCUT2D eigenvalue weighted by molar-refractivity contribution is -0.0498. The first-order chi connectivity index (χ1) is 11.5. The van der Waals surface area contributed by atoms with Crippen molar-refractivity contribution in [3.8, 4) is 5.75 Å². The SMILES string of the molecule is Cc1sc2ncn(/N=C/c3ccc(OC(F)F)cc3)c(=O)c2c1C. The molecule has 0 radical (unpaired) electrons. The molecule has 0 atom stereocenters. The van der Waals surface area contributed by atoms with E-state index in [9.17, 15) is 13.6 Å². The smallest absolute Gasteiger partial charge is 0.387 e. The molecule has 0 aliphatic heterocycles. The van der Waals surface area contributed by atoms with Crippen LogP contribution in [0, 0.1) is 13.8 Å². The van der Waals surface area contributed by atoms with E-state index in [1.54, 1.807) is 12.1 Å². The fourth-order valence-electron chi connectivity index (χ4n) is 2.17. The number of thiophene rings is 1. The number of fused-ring (bicyclic) bond motifs is 1. The minimum absolute atomic E-state index is 0.0618. The van der Waals surface area contributed by atoms with Crippen molar-refractivity contribution >= 4 is 27.8 Å². The molecule has 3 aromatic rings. The number of aryl methyl sites for hydroxylation is 2. The summed E-state index contributed by atoms with van der Waals surface area (Å²) in [6, 6.07) is 5.95. The van der Waals surface area contributed by atoms with Crippen molar-refractivity contribution in [2.45, 2.75) is 20.5 Å². The number of hydrogen-bond donors (Lipinski definition) is 0. The molecule has 0 fully saturated rings. The standard InChI is InChI=1S/C16H13F2N3O2S/c1-9-10(2)24-14-13(9)15(22)21(8-19-14)20-7-11-3-5-12(6-4-11)23-16(17)18/h3-8,16H,1-2H3/b20-7+. The van der Waals surface area contributed by atoms with E-state index in [0.29, 0.717) is 15.8 Å². The maximum atomic E-state index is 12.5. The summed E-state index contributed by atoms with van der Waals surface area (Å²) in [4.78, 5) is 18.5. The highest BCUT2D eigenvalue weighted by atomic mass is 32.1. The van der Waals surface area contributed by atoms with E-state index >= 15 is 0 Å². The van der Waals surface area contributed by atoms with Crippen molar-refractivity contribution in [3.63, 3.8) is 0 Å². The van der Waals surface area contributed by atoms with Gasteiger partial charge in [-0.2, -0.15) is 18.6 Å². The molecule has 8 heteroatoms. The molecule has 3 rings (SSSR count). The first kappa shape index (κ1) is 16.3. The lowest BCUT2D eigenvalue weighted by Crippen LogP contribution is -2.16. The highest BCUT2D eigenvalue weighted by molar-refractivity contribution is 7.18. The molecule has 2 aromatic heterocycles. The van der Waals surface area contributed by atoms with Crippen LogP contribution in [-0.2, 0) is 0 Å². The van der Waals surface area contributed by atoms with Gasteiger partial charge in [-0.25, -0.2) is 4.98 Å². The quantitative estimate of drug-likeness (QED) is 0.677. The van der Waals surface area contributed by atoms with Crippen LogP contribution < -0.4 is 10.3 Å². The third-order valence-electron chi connectivity index (χ3n) is 3.51. The van der Waals surface area contributed by atoms with Gasteiger partial charge in [-0.3, -0.25) is 4.79 Å². The summed E-state index contributed by atoms with van der Waals surface area (Å²) >= 11 is 1.47. The zero-order valence-corrected chi connectivity index (χ0v) is 13.7. The summed E-state index contributed by atoms with van der Waals surface area (Å²) in [6.45, 7) is 0.961. The zero-order chi connectivity index (χ0) is 17.3.